The van der Waals surface area contributed by atoms with Crippen LogP contribution in [0.4, 0.5) is 5.69 Å². The minimum atomic E-state index is -0.646. The number of phenolic OH excluding ortho intramolecular Hbond substituents is 1. The first-order valence-corrected chi connectivity index (χ1v) is 11.9. The van der Waals surface area contributed by atoms with Crippen LogP contribution in [0.5, 0.6) is 5.75 Å². The second-order valence-corrected chi connectivity index (χ2v) is 8.73. The van der Waals surface area contributed by atoms with E-state index in [-0.39, 0.29) is 5.56 Å². The number of pyridine rings is 1. The van der Waals surface area contributed by atoms with Crippen molar-refractivity contribution in [3.8, 4) is 23.3 Å². The van der Waals surface area contributed by atoms with Gasteiger partial charge in [-0.05, 0) is 73.4 Å². The van der Waals surface area contributed by atoms with Crippen LogP contribution in [0.1, 0.15) is 40.9 Å². The van der Waals surface area contributed by atoms with E-state index in [4.69, 9.17) is 4.98 Å². The molecule has 2 aromatic carbocycles. The quantitative estimate of drug-likeness (QED) is 0.260. The monoisotopic (exact) mass is 502 g/mol. The number of phenols is 1. The normalized spacial score (nSPS) is 12.1. The molecule has 0 radical (unpaired) electrons. The highest BCUT2D eigenvalue weighted by atomic mass is 16.6. The largest absolute Gasteiger partial charge is 0.502 e. The Balaban J connectivity index is 1.62. The molecule has 0 bridgehead atoms. The molecular weight excluding hydrogens is 480 g/mol. The maximum atomic E-state index is 13.7. The van der Waals surface area contributed by atoms with Crippen LogP contribution < -0.4 is 16.1 Å². The lowest BCUT2D eigenvalue weighted by Gasteiger charge is -2.14. The Morgan fingerprint density at radius 3 is 2.63 bits per heavy atom. The third-order valence-corrected chi connectivity index (χ3v) is 6.10. The van der Waals surface area contributed by atoms with Gasteiger partial charge >= 0.3 is 5.69 Å². The van der Waals surface area contributed by atoms with Gasteiger partial charge in [-0.3, -0.25) is 24.5 Å². The van der Waals surface area contributed by atoms with Crippen molar-refractivity contribution in [2.75, 3.05) is 0 Å². The lowest BCUT2D eigenvalue weighted by molar-refractivity contribution is -0.385. The van der Waals surface area contributed by atoms with Gasteiger partial charge in [0.1, 0.15) is 5.82 Å². The zero-order chi connectivity index (χ0) is 26.6. The first-order chi connectivity index (χ1) is 18.4. The van der Waals surface area contributed by atoms with E-state index in [1.165, 1.54) is 12.1 Å². The minimum Gasteiger partial charge on any atom is -0.502 e. The highest BCUT2D eigenvalue weighted by Gasteiger charge is 2.15. The predicted molar refractivity (Wildman–Crippen MR) is 146 cm³/mol. The zero-order valence-electron chi connectivity index (χ0n) is 20.5. The lowest BCUT2D eigenvalue weighted by Crippen LogP contribution is -2.48. The van der Waals surface area contributed by atoms with E-state index >= 15 is 0 Å². The van der Waals surface area contributed by atoms with Crippen LogP contribution in [-0.2, 0) is 0 Å². The summed E-state index contributed by atoms with van der Waals surface area (Å²) in [7, 11) is 0. The number of nitro benzene ring substituents is 1. The Hall–Kier alpha value is -5.29. The number of rotatable bonds is 4. The van der Waals surface area contributed by atoms with Crippen LogP contribution >= 0.6 is 0 Å². The van der Waals surface area contributed by atoms with Gasteiger partial charge in [0.15, 0.2) is 5.75 Å². The predicted octanol–water partition coefficient (Wildman–Crippen LogP) is 3.47. The van der Waals surface area contributed by atoms with Crippen molar-refractivity contribution < 1.29 is 10.0 Å². The Morgan fingerprint density at radius 1 is 1.05 bits per heavy atom. The van der Waals surface area contributed by atoms with Gasteiger partial charge < -0.3 is 5.11 Å². The molecular formula is C30H22N4O4. The average Bonchev–Trinajstić information content (AvgIpc) is 2.92. The summed E-state index contributed by atoms with van der Waals surface area (Å²) in [5.74, 6) is 6.19. The van der Waals surface area contributed by atoms with Gasteiger partial charge in [-0.1, -0.05) is 36.1 Å². The summed E-state index contributed by atoms with van der Waals surface area (Å²) < 4.78 is 1.55. The van der Waals surface area contributed by atoms with Crippen molar-refractivity contribution in [1.82, 2.24) is 14.5 Å². The summed E-state index contributed by atoms with van der Waals surface area (Å²) >= 11 is 0. The SMILES string of the molecule is Cc1cc(C#Cc2cccnc2)ccc1-n1c(/C=C/c2ccc(O)c([N+](=O)[O-])c2)nc2c(c1=O)=CCCC=2. The maximum absolute atomic E-state index is 13.7. The number of aromatic nitrogens is 3. The van der Waals surface area contributed by atoms with Gasteiger partial charge in [-0.25, -0.2) is 4.98 Å². The van der Waals surface area contributed by atoms with E-state index in [0.717, 1.165) is 29.5 Å². The number of benzene rings is 2. The van der Waals surface area contributed by atoms with E-state index < -0.39 is 16.4 Å². The molecule has 0 aliphatic heterocycles. The van der Waals surface area contributed by atoms with Crippen molar-refractivity contribution in [2.24, 2.45) is 0 Å². The summed E-state index contributed by atoms with van der Waals surface area (Å²) in [5.41, 5.74) is 2.99. The number of aromatic hydroxyl groups is 1. The van der Waals surface area contributed by atoms with Crippen molar-refractivity contribution in [1.29, 1.82) is 0 Å². The molecule has 8 nitrogen and oxygen atoms in total. The number of nitro groups is 1. The molecule has 4 aromatic rings. The van der Waals surface area contributed by atoms with Gasteiger partial charge in [0, 0.05) is 29.6 Å². The summed E-state index contributed by atoms with van der Waals surface area (Å²) in [4.78, 5) is 33.1. The number of hydrogen-bond acceptors (Lipinski definition) is 6. The fourth-order valence-electron chi connectivity index (χ4n) is 4.23. The van der Waals surface area contributed by atoms with Gasteiger partial charge in [-0.2, -0.15) is 0 Å². The summed E-state index contributed by atoms with van der Waals surface area (Å²) in [6, 6.07) is 13.4. The van der Waals surface area contributed by atoms with Crippen LogP contribution in [0.3, 0.4) is 0 Å². The van der Waals surface area contributed by atoms with E-state index in [1.807, 2.05) is 49.4 Å². The fraction of sp³-hybridized carbons (Fsp3) is 0.100. The summed E-state index contributed by atoms with van der Waals surface area (Å²) in [5, 5.41) is 22.2. The molecule has 1 aliphatic carbocycles. The minimum absolute atomic E-state index is 0.195. The van der Waals surface area contributed by atoms with E-state index in [0.29, 0.717) is 27.6 Å². The maximum Gasteiger partial charge on any atom is 0.311 e. The molecule has 5 rings (SSSR count). The van der Waals surface area contributed by atoms with Gasteiger partial charge in [0.05, 0.1) is 21.2 Å². The molecule has 38 heavy (non-hydrogen) atoms. The van der Waals surface area contributed by atoms with Crippen LogP contribution in [0.25, 0.3) is 30.0 Å². The number of aryl methyl sites for hydroxylation is 1. The second kappa shape index (κ2) is 10.4. The molecule has 8 heteroatoms. The van der Waals surface area contributed by atoms with E-state index in [9.17, 15) is 20.0 Å². The van der Waals surface area contributed by atoms with Crippen molar-refractivity contribution in [3.63, 3.8) is 0 Å². The van der Waals surface area contributed by atoms with E-state index in [2.05, 4.69) is 16.8 Å². The van der Waals surface area contributed by atoms with Crippen LogP contribution in [0.2, 0.25) is 0 Å². The smallest absolute Gasteiger partial charge is 0.311 e. The van der Waals surface area contributed by atoms with Crippen LogP contribution in [-0.4, -0.2) is 24.6 Å². The molecule has 0 amide bonds. The van der Waals surface area contributed by atoms with E-state index in [1.54, 1.807) is 35.2 Å². The third kappa shape index (κ3) is 4.99. The zero-order valence-corrected chi connectivity index (χ0v) is 20.5. The van der Waals surface area contributed by atoms with Crippen molar-refractivity contribution in [3.05, 3.63) is 120 Å². The summed E-state index contributed by atoms with van der Waals surface area (Å²) in [6.45, 7) is 1.91. The molecule has 1 N–H and O–H groups in total. The Kier molecular flexibility index (Phi) is 6.66. The average molecular weight is 503 g/mol. The number of fused-ring (bicyclic) bond motifs is 1. The van der Waals surface area contributed by atoms with Gasteiger partial charge in [0.2, 0.25) is 0 Å². The Morgan fingerprint density at radius 2 is 1.87 bits per heavy atom. The topological polar surface area (TPSA) is 111 Å². The van der Waals surface area contributed by atoms with Gasteiger partial charge in [-0.15, -0.1) is 0 Å². The molecule has 0 unspecified atom stereocenters. The second-order valence-electron chi connectivity index (χ2n) is 8.73. The van der Waals surface area contributed by atoms with Crippen LogP contribution in [0, 0.1) is 28.9 Å². The molecule has 2 aromatic heterocycles. The Bertz CT molecular complexity index is 1850. The van der Waals surface area contributed by atoms with Crippen molar-refractivity contribution >= 4 is 30.0 Å². The number of nitrogens with zero attached hydrogens (tertiary/aromatic N) is 4. The standard InChI is InChI=1S/C30H22N4O4/c1-20-17-21(8-9-23-5-4-16-31-19-23)10-13-26(20)33-29(32-25-7-3-2-6-24(25)30(33)36)15-12-22-11-14-28(35)27(18-22)34(37)38/h4-7,10-19,35H,2-3H2,1H3/b15-12+. The van der Waals surface area contributed by atoms with Crippen LogP contribution in [0.15, 0.2) is 65.7 Å². The fourth-order valence-corrected chi connectivity index (χ4v) is 4.23. The Labute approximate surface area is 217 Å². The molecule has 0 atom stereocenters. The molecule has 0 fully saturated rings. The highest BCUT2D eigenvalue weighted by molar-refractivity contribution is 5.70. The molecule has 0 saturated carbocycles. The third-order valence-electron chi connectivity index (χ3n) is 6.10. The lowest BCUT2D eigenvalue weighted by atomic mass is 10.1. The summed E-state index contributed by atoms with van der Waals surface area (Å²) in [6.07, 6.45) is 12.1. The van der Waals surface area contributed by atoms with Gasteiger partial charge in [0.25, 0.3) is 5.56 Å². The first-order valence-electron chi connectivity index (χ1n) is 11.9. The molecule has 1 aliphatic rings. The molecule has 0 saturated heterocycles. The van der Waals surface area contributed by atoms with Crippen molar-refractivity contribution in [2.45, 2.75) is 19.8 Å². The first kappa shape index (κ1) is 24.4. The molecule has 0 spiro atoms. The molecule has 2 heterocycles. The molecule has 186 valence electrons. The highest BCUT2D eigenvalue weighted by Crippen LogP contribution is 2.27. The number of hydrogen-bond donors (Lipinski definition) is 1.